The number of alkyl carbamates (subject to hydrolysis) is 1. The molecule has 1 fully saturated rings. The highest BCUT2D eigenvalue weighted by Gasteiger charge is 2.23. The van der Waals surface area contributed by atoms with E-state index in [-0.39, 0.29) is 6.09 Å². The number of ether oxygens (including phenoxy) is 1. The number of hydrogen-bond donors (Lipinski definition) is 12. The smallest absolute Gasteiger partial charge is 0.407 e. The fraction of sp³-hybridized carbons (Fsp3) is 0.987. The maximum absolute atomic E-state index is 11.6. The van der Waals surface area contributed by atoms with Gasteiger partial charge in [-0.25, -0.2) is 4.79 Å². The molecule has 0 bridgehead atoms. The van der Waals surface area contributed by atoms with E-state index in [2.05, 4.69) is 216 Å². The molecule has 0 aromatic heterocycles. The first-order chi connectivity index (χ1) is 47.0. The van der Waals surface area contributed by atoms with E-state index in [1.807, 2.05) is 187 Å². The van der Waals surface area contributed by atoms with Crippen LogP contribution in [0.3, 0.4) is 0 Å². The van der Waals surface area contributed by atoms with Crippen LogP contribution in [0.1, 0.15) is 323 Å². The Morgan fingerprint density at radius 1 is 0.388 bits per heavy atom. The average molecular weight is 1530 g/mol. The molecule has 19 heteroatoms. The molecule has 620 valence electrons. The van der Waals surface area contributed by atoms with Crippen molar-refractivity contribution in [2.24, 2.45) is 11.8 Å². The Labute approximate surface area is 660 Å². The van der Waals surface area contributed by atoms with E-state index in [1.165, 1.54) is 155 Å². The van der Waals surface area contributed by atoms with Gasteiger partial charge in [0.05, 0.1) is 0 Å². The fourth-order valence-corrected chi connectivity index (χ4v) is 8.96. The van der Waals surface area contributed by atoms with Crippen molar-refractivity contribution < 1.29 is 9.53 Å². The number of hydrogen-bond acceptors (Lipinski definition) is 18. The molecule has 1 saturated carbocycles. The van der Waals surface area contributed by atoms with E-state index in [0.29, 0.717) is 18.0 Å². The van der Waals surface area contributed by atoms with Gasteiger partial charge < -0.3 is 61.1 Å². The molecular formula is C79H201N11O2S6. The zero-order valence-corrected chi connectivity index (χ0v) is 80.5. The van der Waals surface area contributed by atoms with Crippen LogP contribution >= 0.6 is 75.8 Å². The molecule has 0 aromatic rings. The van der Waals surface area contributed by atoms with Gasteiger partial charge >= 0.3 is 6.09 Å². The lowest BCUT2D eigenvalue weighted by Gasteiger charge is -2.29. The zero-order chi connectivity index (χ0) is 81.3. The first-order valence-corrected chi connectivity index (χ1v) is 44.3. The SMILES string of the molecule is CC.CC.CC.CC.CC.CC.CC.CC.CC.CC.CC.CC.CC(C)(C)OC(=O)NCC1CCCC(CCS)C1.CN(C)CCCCCCCNCS.CN(C)CCCCCNCS.CN(C)CCCCNCS.C[C@@H](CCCN(C)C)NCS.C[C@H](CCCN(C)C)NCS. The second-order valence-electron chi connectivity index (χ2n) is 22.1. The number of thiol groups is 6. The summed E-state index contributed by atoms with van der Waals surface area (Å²) in [7, 11) is 21.1. The summed E-state index contributed by atoms with van der Waals surface area (Å²) in [5.74, 6) is 6.33. The lowest BCUT2D eigenvalue weighted by molar-refractivity contribution is 0.0511. The molecule has 0 spiro atoms. The molecule has 1 aliphatic carbocycles. The van der Waals surface area contributed by atoms with Gasteiger partial charge in [0.2, 0.25) is 0 Å². The minimum Gasteiger partial charge on any atom is -0.444 e. The minimum absolute atomic E-state index is 0.293. The molecule has 0 aliphatic heterocycles. The lowest BCUT2D eigenvalue weighted by Crippen LogP contribution is -2.36. The van der Waals surface area contributed by atoms with Crippen molar-refractivity contribution in [3.8, 4) is 0 Å². The lowest BCUT2D eigenvalue weighted by atomic mass is 9.80. The molecule has 4 atom stereocenters. The predicted molar refractivity (Wildman–Crippen MR) is 490 cm³/mol. The third-order valence-electron chi connectivity index (χ3n) is 11.7. The van der Waals surface area contributed by atoms with Crippen molar-refractivity contribution in [1.29, 1.82) is 0 Å². The maximum Gasteiger partial charge on any atom is 0.407 e. The average Bonchev–Trinajstić information content (AvgIpc) is 1.04. The molecular weight excluding hydrogens is 1330 g/mol. The van der Waals surface area contributed by atoms with Crippen molar-refractivity contribution in [1.82, 2.24) is 56.4 Å². The highest BCUT2D eigenvalue weighted by Crippen LogP contribution is 2.31. The third-order valence-corrected chi connectivity index (χ3v) is 13.0. The fourth-order valence-electron chi connectivity index (χ4n) is 7.50. The van der Waals surface area contributed by atoms with Gasteiger partial charge in [-0.3, -0.25) is 0 Å². The molecule has 0 saturated heterocycles. The molecule has 0 heterocycles. The van der Waals surface area contributed by atoms with Gasteiger partial charge in [-0.1, -0.05) is 205 Å². The Hall–Kier alpha value is 0.970. The van der Waals surface area contributed by atoms with Gasteiger partial charge in [-0.2, -0.15) is 75.8 Å². The van der Waals surface area contributed by atoms with Crippen LogP contribution in [0.2, 0.25) is 0 Å². The van der Waals surface area contributed by atoms with E-state index in [1.54, 1.807) is 0 Å². The van der Waals surface area contributed by atoms with Crippen LogP contribution in [0.4, 0.5) is 4.79 Å². The third kappa shape index (κ3) is 199. The molecule has 1 aliphatic rings. The van der Waals surface area contributed by atoms with Crippen molar-refractivity contribution in [3.63, 3.8) is 0 Å². The summed E-state index contributed by atoms with van der Waals surface area (Å²) >= 11 is 24.7. The van der Waals surface area contributed by atoms with Gasteiger partial charge in [0.1, 0.15) is 5.60 Å². The van der Waals surface area contributed by atoms with E-state index in [0.717, 1.165) is 67.2 Å². The van der Waals surface area contributed by atoms with E-state index >= 15 is 0 Å². The van der Waals surface area contributed by atoms with Crippen molar-refractivity contribution in [2.75, 3.05) is 165 Å². The van der Waals surface area contributed by atoms with E-state index in [9.17, 15) is 4.79 Å². The Bertz CT molecular complexity index is 1060. The van der Waals surface area contributed by atoms with Crippen LogP contribution in [0.5, 0.6) is 0 Å². The minimum atomic E-state index is -0.411. The van der Waals surface area contributed by atoms with Crippen LogP contribution in [-0.2, 0) is 4.74 Å². The molecule has 98 heavy (non-hydrogen) atoms. The van der Waals surface area contributed by atoms with E-state index in [4.69, 9.17) is 4.74 Å². The zero-order valence-electron chi connectivity index (χ0n) is 75.1. The van der Waals surface area contributed by atoms with Gasteiger partial charge in [0.15, 0.2) is 0 Å². The first-order valence-electron chi connectivity index (χ1n) is 40.5. The Morgan fingerprint density at radius 3 is 0.918 bits per heavy atom. The summed E-state index contributed by atoms with van der Waals surface area (Å²) in [6, 6.07) is 1.21. The molecule has 1 amide bonds. The normalized spacial score (nSPS) is 12.2. The molecule has 0 aromatic carbocycles. The van der Waals surface area contributed by atoms with Gasteiger partial charge in [-0.05, 0) is 259 Å². The monoisotopic (exact) mass is 1530 g/mol. The maximum atomic E-state index is 11.6. The molecule has 13 nitrogen and oxygen atoms in total. The van der Waals surface area contributed by atoms with Crippen LogP contribution in [-0.4, -0.2) is 213 Å². The highest BCUT2D eigenvalue weighted by atomic mass is 32.1. The van der Waals surface area contributed by atoms with E-state index < -0.39 is 5.60 Å². The summed E-state index contributed by atoms with van der Waals surface area (Å²) in [6.07, 6.45) is 24.1. The van der Waals surface area contributed by atoms with Crippen LogP contribution in [0.25, 0.3) is 0 Å². The summed E-state index contributed by atoms with van der Waals surface area (Å²) in [5, 5.41) is 19.0. The summed E-state index contributed by atoms with van der Waals surface area (Å²) < 4.78 is 5.24. The Balaban J connectivity index is -0.0000000507. The van der Waals surface area contributed by atoms with Crippen molar-refractivity contribution >= 4 is 81.9 Å². The standard InChI is InChI=1S/C14H27NO2S.C10H24N2S.3C8H20N2S.C7H18N2S.12C2H6/c1-14(2,3)17-13(16)15-10-12-6-4-5-11(9-12)7-8-18;1-12(2)9-7-5-3-4-6-8-11-10-13;2*1-8(9-7-11)5-4-6-10(2)3;1-10(2)7-5-3-4-6-9-8-11;1-9(2)6-4-3-5-8-7-10;12*1-2/h11-12,18H,4-10H2,1-3H3,(H,15,16);11,13H,3-10H2,1-2H3;2*8-9,11H,4-7H2,1-3H3;9,11H,3-8H2,1-2H3;8,10H,3-7H2,1-2H3;12*1-2H3/t;;2*8-;;;;;;;;;;;;;;/m..10............../s1. The quantitative estimate of drug-likeness (QED) is 0.0164. The number of unbranched alkanes of at least 4 members (excludes halogenated alkanes) is 7. The highest BCUT2D eigenvalue weighted by molar-refractivity contribution is 7.80. The van der Waals surface area contributed by atoms with Crippen LogP contribution < -0.4 is 31.9 Å². The summed E-state index contributed by atoms with van der Waals surface area (Å²) in [4.78, 5) is 22.7. The van der Waals surface area contributed by atoms with Crippen molar-refractivity contribution in [2.45, 2.75) is 340 Å². The molecule has 2 unspecified atom stereocenters. The number of carbonyl (C=O) groups excluding carboxylic acids is 1. The molecule has 0 radical (unpaired) electrons. The number of nitrogens with zero attached hydrogens (tertiary/aromatic N) is 5. The van der Waals surface area contributed by atoms with Crippen LogP contribution in [0, 0.1) is 11.8 Å². The molecule has 1 rings (SSSR count). The second-order valence-corrected chi connectivity index (χ2v) is 24.2. The Morgan fingerprint density at radius 2 is 0.643 bits per heavy atom. The summed E-state index contributed by atoms with van der Waals surface area (Å²) in [5.41, 5.74) is -0.411. The topological polar surface area (TPSA) is 115 Å². The Kier molecular flexibility index (Phi) is 219. The summed E-state index contributed by atoms with van der Waals surface area (Å²) in [6.45, 7) is 68.1. The van der Waals surface area contributed by atoms with Gasteiger partial charge in [0.25, 0.3) is 0 Å². The largest absolute Gasteiger partial charge is 0.444 e. The van der Waals surface area contributed by atoms with Crippen molar-refractivity contribution in [3.05, 3.63) is 0 Å². The number of rotatable bonds is 38. The first kappa shape index (κ1) is 141. The van der Waals surface area contributed by atoms with Gasteiger partial charge in [-0.15, -0.1) is 0 Å². The molecule has 6 N–H and O–H groups in total. The van der Waals surface area contributed by atoms with Crippen LogP contribution in [0.15, 0.2) is 0 Å². The number of nitrogens with one attached hydrogen (secondary N) is 6. The predicted octanol–water partition coefficient (Wildman–Crippen LogP) is 22.3. The van der Waals surface area contributed by atoms with Gasteiger partial charge in [0, 0.05) is 48.0 Å². The number of amides is 1. The second kappa shape index (κ2) is 152. The number of carbonyl (C=O) groups is 1.